The second kappa shape index (κ2) is 7.05. The topological polar surface area (TPSA) is 40.5 Å². The van der Waals surface area contributed by atoms with Gasteiger partial charge in [0, 0.05) is 13.2 Å². The molecular formula is C20H36O2. The van der Waals surface area contributed by atoms with Crippen molar-refractivity contribution in [3.8, 4) is 0 Å². The van der Waals surface area contributed by atoms with Gasteiger partial charge in [-0.1, -0.05) is 45.8 Å². The summed E-state index contributed by atoms with van der Waals surface area (Å²) in [5.74, 6) is 1.82. The number of allylic oxidation sites excluding steroid dienone is 1. The molecule has 2 N–H and O–H groups in total. The van der Waals surface area contributed by atoms with E-state index in [1.165, 1.54) is 44.1 Å². The van der Waals surface area contributed by atoms with Crippen molar-refractivity contribution in [2.24, 2.45) is 28.6 Å². The molecule has 22 heavy (non-hydrogen) atoms. The maximum absolute atomic E-state index is 9.99. The summed E-state index contributed by atoms with van der Waals surface area (Å²) in [6.45, 7) is 12.1. The summed E-state index contributed by atoms with van der Waals surface area (Å²) < 4.78 is 0. The van der Waals surface area contributed by atoms with Crippen LogP contribution in [0.15, 0.2) is 12.2 Å². The van der Waals surface area contributed by atoms with Crippen LogP contribution in [0.25, 0.3) is 0 Å². The molecule has 5 unspecified atom stereocenters. The first-order valence-electron chi connectivity index (χ1n) is 9.27. The zero-order valence-corrected chi connectivity index (χ0v) is 14.9. The summed E-state index contributed by atoms with van der Waals surface area (Å²) in [7, 11) is 0. The molecular weight excluding hydrogens is 272 g/mol. The highest BCUT2D eigenvalue weighted by atomic mass is 16.3. The molecule has 0 aromatic rings. The van der Waals surface area contributed by atoms with Gasteiger partial charge < -0.3 is 10.2 Å². The first-order chi connectivity index (χ1) is 10.4. The van der Waals surface area contributed by atoms with E-state index < -0.39 is 0 Å². The lowest BCUT2D eigenvalue weighted by Crippen LogP contribution is -2.51. The number of hydrogen-bond acceptors (Lipinski definition) is 2. The van der Waals surface area contributed by atoms with E-state index in [4.69, 9.17) is 5.11 Å². The van der Waals surface area contributed by atoms with Crippen molar-refractivity contribution in [2.45, 2.75) is 72.1 Å². The molecule has 0 amide bonds. The minimum atomic E-state index is 0.0999. The molecule has 0 saturated heterocycles. The normalized spacial score (nSPS) is 40.3. The van der Waals surface area contributed by atoms with Crippen LogP contribution >= 0.6 is 0 Å². The van der Waals surface area contributed by atoms with Crippen molar-refractivity contribution >= 4 is 0 Å². The van der Waals surface area contributed by atoms with Gasteiger partial charge in [0.15, 0.2) is 0 Å². The van der Waals surface area contributed by atoms with Crippen LogP contribution in [0.1, 0.15) is 72.1 Å². The fourth-order valence-corrected chi connectivity index (χ4v) is 5.62. The number of aliphatic hydroxyl groups is 2. The minimum absolute atomic E-state index is 0.0999. The molecule has 2 nitrogen and oxygen atoms in total. The molecule has 0 radical (unpaired) electrons. The monoisotopic (exact) mass is 308 g/mol. The average molecular weight is 309 g/mol. The van der Waals surface area contributed by atoms with Crippen molar-refractivity contribution in [3.05, 3.63) is 12.2 Å². The van der Waals surface area contributed by atoms with Crippen LogP contribution < -0.4 is 0 Å². The van der Waals surface area contributed by atoms with Gasteiger partial charge in [-0.3, -0.25) is 0 Å². The Morgan fingerprint density at radius 1 is 1.23 bits per heavy atom. The van der Waals surface area contributed by atoms with Crippen molar-refractivity contribution in [3.63, 3.8) is 0 Å². The van der Waals surface area contributed by atoms with Crippen molar-refractivity contribution < 1.29 is 10.2 Å². The van der Waals surface area contributed by atoms with Crippen LogP contribution in [0.2, 0.25) is 0 Å². The third-order valence-corrected chi connectivity index (χ3v) is 7.07. The van der Waals surface area contributed by atoms with E-state index in [0.717, 1.165) is 12.8 Å². The van der Waals surface area contributed by atoms with E-state index in [1.807, 2.05) is 0 Å². The molecule has 2 heteroatoms. The maximum Gasteiger partial charge on any atom is 0.0487 e. The number of rotatable bonds is 6. The van der Waals surface area contributed by atoms with E-state index in [0.29, 0.717) is 36.4 Å². The van der Waals surface area contributed by atoms with Crippen LogP contribution in [-0.4, -0.2) is 23.4 Å². The van der Waals surface area contributed by atoms with Gasteiger partial charge in [-0.05, 0) is 67.1 Å². The Bertz CT molecular complexity index is 391. The van der Waals surface area contributed by atoms with Crippen LogP contribution in [0, 0.1) is 28.6 Å². The Morgan fingerprint density at radius 2 is 1.95 bits per heavy atom. The number of hydrogen-bond donors (Lipinski definition) is 2. The van der Waals surface area contributed by atoms with Gasteiger partial charge in [0.2, 0.25) is 0 Å². The minimum Gasteiger partial charge on any atom is -0.396 e. The summed E-state index contributed by atoms with van der Waals surface area (Å²) in [5.41, 5.74) is 1.85. The summed E-state index contributed by atoms with van der Waals surface area (Å²) >= 11 is 0. The third-order valence-electron chi connectivity index (χ3n) is 7.07. The van der Waals surface area contributed by atoms with Gasteiger partial charge >= 0.3 is 0 Å². The Hall–Kier alpha value is -0.340. The van der Waals surface area contributed by atoms with Crippen LogP contribution in [-0.2, 0) is 0 Å². The second-order valence-corrected chi connectivity index (χ2v) is 8.67. The Morgan fingerprint density at radius 3 is 2.59 bits per heavy atom. The van der Waals surface area contributed by atoms with Gasteiger partial charge in [-0.25, -0.2) is 0 Å². The average Bonchev–Trinajstić information content (AvgIpc) is 2.46. The van der Waals surface area contributed by atoms with Gasteiger partial charge in [-0.2, -0.15) is 0 Å². The highest BCUT2D eigenvalue weighted by Gasteiger charge is 2.53. The molecule has 2 fully saturated rings. The number of aliphatic hydroxyl groups excluding tert-OH is 2. The van der Waals surface area contributed by atoms with Crippen LogP contribution in [0.4, 0.5) is 0 Å². The summed E-state index contributed by atoms with van der Waals surface area (Å²) in [5, 5.41) is 19.1. The van der Waals surface area contributed by atoms with Gasteiger partial charge in [-0.15, -0.1) is 0 Å². The Balaban J connectivity index is 2.15. The third kappa shape index (κ3) is 3.28. The van der Waals surface area contributed by atoms with E-state index in [9.17, 15) is 5.11 Å². The van der Waals surface area contributed by atoms with Gasteiger partial charge in [0.05, 0.1) is 0 Å². The Kier molecular flexibility index (Phi) is 5.77. The van der Waals surface area contributed by atoms with Crippen molar-refractivity contribution in [2.75, 3.05) is 13.2 Å². The standard InChI is InChI=1S/C20H36O2/c1-15(10-13-21)6-8-17-16(2)7-9-18-19(3,14-22)11-5-12-20(17,18)4/h15,17-18,21-22H,2,5-14H2,1,3-4H3. The molecule has 128 valence electrons. The molecule has 0 heterocycles. The molecule has 0 aromatic carbocycles. The van der Waals surface area contributed by atoms with Crippen molar-refractivity contribution in [1.29, 1.82) is 0 Å². The zero-order valence-electron chi connectivity index (χ0n) is 14.9. The predicted octanol–water partition coefficient (Wildman–Crippen LogP) is 4.56. The van der Waals surface area contributed by atoms with E-state index in [2.05, 4.69) is 27.4 Å². The SMILES string of the molecule is C=C1CCC2C(C)(CO)CCCC2(C)C1CCC(C)CCO. The van der Waals surface area contributed by atoms with E-state index >= 15 is 0 Å². The molecule has 5 atom stereocenters. The highest BCUT2D eigenvalue weighted by Crippen LogP contribution is 2.61. The molecule has 2 aliphatic rings. The molecule has 2 rings (SSSR count). The first kappa shape index (κ1) is 18.0. The molecule has 0 spiro atoms. The summed E-state index contributed by atoms with van der Waals surface area (Å²) in [4.78, 5) is 0. The number of fused-ring (bicyclic) bond motifs is 1. The van der Waals surface area contributed by atoms with E-state index in [-0.39, 0.29) is 5.41 Å². The first-order valence-corrected chi connectivity index (χ1v) is 9.27. The Labute approximate surface area is 137 Å². The second-order valence-electron chi connectivity index (χ2n) is 8.67. The molecule has 0 bridgehead atoms. The molecule has 2 saturated carbocycles. The quantitative estimate of drug-likeness (QED) is 0.706. The van der Waals surface area contributed by atoms with Gasteiger partial charge in [0.1, 0.15) is 0 Å². The van der Waals surface area contributed by atoms with Gasteiger partial charge in [0.25, 0.3) is 0 Å². The van der Waals surface area contributed by atoms with E-state index in [1.54, 1.807) is 0 Å². The lowest BCUT2D eigenvalue weighted by Gasteiger charge is -2.58. The largest absolute Gasteiger partial charge is 0.396 e. The molecule has 0 aromatic heterocycles. The fourth-order valence-electron chi connectivity index (χ4n) is 5.62. The lowest BCUT2D eigenvalue weighted by molar-refractivity contribution is -0.0868. The van der Waals surface area contributed by atoms with Crippen LogP contribution in [0.3, 0.4) is 0 Å². The van der Waals surface area contributed by atoms with Crippen molar-refractivity contribution in [1.82, 2.24) is 0 Å². The smallest absolute Gasteiger partial charge is 0.0487 e. The molecule has 2 aliphatic carbocycles. The predicted molar refractivity (Wildman–Crippen MR) is 92.6 cm³/mol. The fraction of sp³-hybridized carbons (Fsp3) is 0.900. The highest BCUT2D eigenvalue weighted by molar-refractivity contribution is 5.16. The van der Waals surface area contributed by atoms with Crippen LogP contribution in [0.5, 0.6) is 0 Å². The molecule has 0 aliphatic heterocycles. The summed E-state index contributed by atoms with van der Waals surface area (Å²) in [6, 6.07) is 0. The zero-order chi connectivity index (χ0) is 16.4. The lowest BCUT2D eigenvalue weighted by atomic mass is 9.46. The maximum atomic E-state index is 9.99. The summed E-state index contributed by atoms with van der Waals surface area (Å²) in [6.07, 6.45) is 9.32.